The van der Waals surface area contributed by atoms with E-state index in [0.29, 0.717) is 74.6 Å². The first kappa shape index (κ1) is 36.4. The van der Waals surface area contributed by atoms with Gasteiger partial charge in [0.15, 0.2) is 0 Å². The summed E-state index contributed by atoms with van der Waals surface area (Å²) in [5, 5.41) is 12.5. The molecule has 15 heteroatoms. The van der Waals surface area contributed by atoms with Crippen LogP contribution in [0.25, 0.3) is 39.2 Å². The van der Waals surface area contributed by atoms with E-state index in [-0.39, 0.29) is 30.6 Å². The number of rotatable bonds is 12. The lowest BCUT2D eigenvalue weighted by Gasteiger charge is -2.16. The number of aromatic nitrogens is 3. The van der Waals surface area contributed by atoms with Gasteiger partial charge in [-0.15, -0.1) is 0 Å². The quantitative estimate of drug-likeness (QED) is 0.133. The van der Waals surface area contributed by atoms with Crippen molar-refractivity contribution in [2.24, 2.45) is 0 Å². The molecule has 0 saturated carbocycles. The Hall–Kier alpha value is -4.95. The maximum Gasteiger partial charge on any atom is 0.326 e. The Morgan fingerprint density at radius 2 is 1.57 bits per heavy atom. The van der Waals surface area contributed by atoms with Crippen molar-refractivity contribution in [3.63, 3.8) is 0 Å². The Kier molecular flexibility index (Phi) is 10.4. The largest absolute Gasteiger partial charge is 0.481 e. The molecule has 2 atom stereocenters. The zero-order valence-corrected chi connectivity index (χ0v) is 30.0. The summed E-state index contributed by atoms with van der Waals surface area (Å²) in [5.41, 5.74) is 5.45. The Morgan fingerprint density at radius 3 is 2.25 bits per heavy atom. The molecular weight excluding hydrogens is 727 g/mol. The van der Waals surface area contributed by atoms with Gasteiger partial charge in [-0.2, -0.15) is 8.78 Å². The first-order chi connectivity index (χ1) is 25.5. The molecule has 274 valence electrons. The maximum atomic E-state index is 13.5. The molecule has 0 radical (unpaired) electrons. The van der Waals surface area contributed by atoms with Crippen molar-refractivity contribution in [2.75, 3.05) is 20.2 Å². The molecule has 2 amide bonds. The van der Waals surface area contributed by atoms with Gasteiger partial charge in [0.05, 0.1) is 22.8 Å². The molecule has 5 aromatic rings. The van der Waals surface area contributed by atoms with Gasteiger partial charge >= 0.3 is 5.92 Å². The molecule has 0 bridgehead atoms. The third-order valence-corrected chi connectivity index (χ3v) is 10.3. The molecule has 2 aromatic carbocycles. The van der Waals surface area contributed by atoms with Crippen LogP contribution in [-0.4, -0.2) is 64.4 Å². The van der Waals surface area contributed by atoms with Crippen molar-refractivity contribution in [1.82, 2.24) is 35.6 Å². The Morgan fingerprint density at radius 1 is 0.887 bits per heavy atom. The number of nitrogens with zero attached hydrogens (tertiary/aromatic N) is 3. The van der Waals surface area contributed by atoms with Crippen LogP contribution in [0.2, 0.25) is 10.0 Å². The summed E-state index contributed by atoms with van der Waals surface area (Å²) in [6, 6.07) is 18.0. The predicted octanol–water partition coefficient (Wildman–Crippen LogP) is 5.39. The molecule has 11 nitrogen and oxygen atoms in total. The molecule has 2 aliphatic heterocycles. The number of fused-ring (bicyclic) bond motifs is 1. The van der Waals surface area contributed by atoms with E-state index in [9.17, 15) is 23.2 Å². The number of ether oxygens (including phenoxy) is 1. The molecule has 0 aliphatic carbocycles. The van der Waals surface area contributed by atoms with Crippen molar-refractivity contribution in [3.05, 3.63) is 105 Å². The molecule has 3 aromatic heterocycles. The Balaban J connectivity index is 1.09. The lowest BCUT2D eigenvalue weighted by molar-refractivity contribution is -0.139. The van der Waals surface area contributed by atoms with Crippen LogP contribution >= 0.6 is 23.2 Å². The number of halogens is 4. The van der Waals surface area contributed by atoms with E-state index < -0.39 is 24.3 Å². The second kappa shape index (κ2) is 15.2. The standard InChI is InChI=1S/C38H35Cl2F2N7O4/c1-53-35-22(16-43-19-24-9-11-32(50)46-24)8-10-30(48-35)29-7-3-6-28(34(29)40)27-5-2-4-26(33(27)39)21-12-13-49-31(14-21)45-18-23(36(49)51)17-44-20-25-15-38(41,42)37(52)47-25/h2-8,10,12-14,18,24-25,43-44H,9,11,15-17,19-20H2,1H3,(H,46,50)(H,47,52)/t24-,25?/m0/s1. The van der Waals surface area contributed by atoms with E-state index in [1.165, 1.54) is 10.6 Å². The summed E-state index contributed by atoms with van der Waals surface area (Å²) in [6.45, 7) is 1.35. The topological polar surface area (TPSA) is 139 Å². The highest BCUT2D eigenvalue weighted by molar-refractivity contribution is 6.39. The van der Waals surface area contributed by atoms with Crippen molar-refractivity contribution >= 4 is 40.7 Å². The summed E-state index contributed by atoms with van der Waals surface area (Å²) >= 11 is 14.1. The van der Waals surface area contributed by atoms with E-state index in [1.54, 1.807) is 25.4 Å². The third kappa shape index (κ3) is 7.61. The van der Waals surface area contributed by atoms with E-state index in [2.05, 4.69) is 26.3 Å². The summed E-state index contributed by atoms with van der Waals surface area (Å²) in [7, 11) is 1.57. The number of hydrogen-bond acceptors (Lipinski definition) is 8. The molecular formula is C38H35Cl2F2N7O4. The van der Waals surface area contributed by atoms with Crippen molar-refractivity contribution < 1.29 is 23.1 Å². The number of nitrogens with one attached hydrogen (secondary N) is 4. The fourth-order valence-electron chi connectivity index (χ4n) is 6.69. The first-order valence-electron chi connectivity index (χ1n) is 17.0. The van der Waals surface area contributed by atoms with E-state index >= 15 is 0 Å². The second-order valence-corrected chi connectivity index (χ2v) is 13.8. The van der Waals surface area contributed by atoms with Crippen LogP contribution in [0, 0.1) is 0 Å². The highest BCUT2D eigenvalue weighted by Crippen LogP contribution is 2.42. The molecule has 2 saturated heterocycles. The molecule has 1 unspecified atom stereocenters. The van der Waals surface area contributed by atoms with Crippen LogP contribution in [0.15, 0.2) is 77.9 Å². The summed E-state index contributed by atoms with van der Waals surface area (Å²) in [5.74, 6) is -4.13. The average molecular weight is 763 g/mol. The zero-order valence-electron chi connectivity index (χ0n) is 28.5. The summed E-state index contributed by atoms with van der Waals surface area (Å²) < 4.78 is 34.1. The lowest BCUT2D eigenvalue weighted by Crippen LogP contribution is -2.36. The highest BCUT2D eigenvalue weighted by atomic mass is 35.5. The minimum atomic E-state index is -3.39. The maximum absolute atomic E-state index is 13.5. The van der Waals surface area contributed by atoms with E-state index in [0.717, 1.165) is 17.5 Å². The van der Waals surface area contributed by atoms with Gasteiger partial charge in [0, 0.05) is 96.9 Å². The Labute approximate surface area is 313 Å². The lowest BCUT2D eigenvalue weighted by atomic mass is 9.97. The van der Waals surface area contributed by atoms with Crippen LogP contribution in [0.5, 0.6) is 5.88 Å². The summed E-state index contributed by atoms with van der Waals surface area (Å²) in [4.78, 5) is 45.4. The normalized spacial score (nSPS) is 18.0. The Bertz CT molecular complexity index is 2290. The average Bonchev–Trinajstić information content (AvgIpc) is 3.68. The molecule has 5 heterocycles. The number of hydrogen-bond donors (Lipinski definition) is 4. The fourth-order valence-corrected chi connectivity index (χ4v) is 7.35. The van der Waals surface area contributed by atoms with Crippen LogP contribution in [0.3, 0.4) is 0 Å². The SMILES string of the molecule is COc1nc(-c2cccc(-c3cccc(-c4ccn5c(=O)c(CNCC6CC(F)(F)C(=O)N6)cnc5c4)c3Cl)c2Cl)ccc1CNC[C@@H]1CCC(=O)N1. The van der Waals surface area contributed by atoms with Gasteiger partial charge < -0.3 is 26.0 Å². The molecule has 7 rings (SSSR count). The number of carbonyl (C=O) groups excluding carboxylic acids is 2. The predicted molar refractivity (Wildman–Crippen MR) is 198 cm³/mol. The number of alkyl halides is 2. The van der Waals surface area contributed by atoms with E-state index in [4.69, 9.17) is 32.9 Å². The van der Waals surface area contributed by atoms with Gasteiger partial charge in [-0.25, -0.2) is 9.97 Å². The molecule has 2 fully saturated rings. The summed E-state index contributed by atoms with van der Waals surface area (Å²) in [6.07, 6.45) is 3.83. The molecule has 4 N–H and O–H groups in total. The number of methoxy groups -OCH3 is 1. The van der Waals surface area contributed by atoms with Gasteiger partial charge in [-0.3, -0.25) is 18.8 Å². The van der Waals surface area contributed by atoms with Gasteiger partial charge in [0.2, 0.25) is 11.8 Å². The van der Waals surface area contributed by atoms with Crippen molar-refractivity contribution in [3.8, 4) is 39.4 Å². The van der Waals surface area contributed by atoms with Crippen LogP contribution in [-0.2, 0) is 22.7 Å². The molecule has 0 spiro atoms. The monoisotopic (exact) mass is 761 g/mol. The molecule has 2 aliphatic rings. The van der Waals surface area contributed by atoms with Crippen LogP contribution < -0.4 is 31.6 Å². The van der Waals surface area contributed by atoms with E-state index in [1.807, 2.05) is 48.5 Å². The zero-order chi connectivity index (χ0) is 37.3. The highest BCUT2D eigenvalue weighted by Gasteiger charge is 2.47. The third-order valence-electron chi connectivity index (χ3n) is 9.46. The van der Waals surface area contributed by atoms with Gasteiger partial charge in [-0.1, -0.05) is 65.7 Å². The molecule has 53 heavy (non-hydrogen) atoms. The first-order valence-corrected chi connectivity index (χ1v) is 17.8. The minimum Gasteiger partial charge on any atom is -0.481 e. The number of carbonyl (C=O) groups is 2. The second-order valence-electron chi connectivity index (χ2n) is 13.1. The van der Waals surface area contributed by atoms with Gasteiger partial charge in [0.25, 0.3) is 11.5 Å². The van der Waals surface area contributed by atoms with Crippen molar-refractivity contribution in [1.29, 1.82) is 0 Å². The van der Waals surface area contributed by atoms with Crippen LogP contribution in [0.4, 0.5) is 8.78 Å². The fraction of sp³-hybridized carbons (Fsp3) is 0.289. The number of benzene rings is 2. The van der Waals surface area contributed by atoms with Crippen molar-refractivity contribution in [2.45, 2.75) is 50.4 Å². The van der Waals surface area contributed by atoms with Crippen LogP contribution in [0.1, 0.15) is 30.4 Å². The van der Waals surface area contributed by atoms with Gasteiger partial charge in [0.1, 0.15) is 5.65 Å². The van der Waals surface area contributed by atoms with Gasteiger partial charge in [-0.05, 0) is 30.2 Å². The smallest absolute Gasteiger partial charge is 0.326 e. The number of amides is 2. The minimum absolute atomic E-state index is 0.0772. The number of pyridine rings is 2.